The molecule has 1 fully saturated rings. The fourth-order valence-corrected chi connectivity index (χ4v) is 5.88. The van der Waals surface area contributed by atoms with Crippen LogP contribution in [0.15, 0.2) is 101 Å². The van der Waals surface area contributed by atoms with E-state index in [1.165, 1.54) is 33.5 Å². The summed E-state index contributed by atoms with van der Waals surface area (Å²) in [6.07, 6.45) is 2.75. The summed E-state index contributed by atoms with van der Waals surface area (Å²) in [5.41, 5.74) is 2.15. The van der Waals surface area contributed by atoms with Crippen LogP contribution in [-0.4, -0.2) is 67.0 Å². The summed E-state index contributed by atoms with van der Waals surface area (Å²) in [7, 11) is -3.84. The number of hydrogen-bond donors (Lipinski definition) is 0. The summed E-state index contributed by atoms with van der Waals surface area (Å²) in [6.45, 7) is 3.87. The number of nitro groups is 1. The highest BCUT2D eigenvalue weighted by Gasteiger charge is 2.30. The minimum atomic E-state index is -3.84. The number of halogens is 1. The van der Waals surface area contributed by atoms with Gasteiger partial charge >= 0.3 is 0 Å². The monoisotopic (exact) mass is 639 g/mol. The molecule has 212 valence electrons. The lowest BCUT2D eigenvalue weighted by Gasteiger charge is -2.33. The number of nitrogens with zero attached hydrogens (tertiary/aromatic N) is 3. The first-order valence-electron chi connectivity index (χ1n) is 12.5. The highest BCUT2D eigenvalue weighted by molar-refractivity contribution is 9.10. The van der Waals surface area contributed by atoms with Crippen molar-refractivity contribution in [3.8, 4) is 5.75 Å². The lowest BCUT2D eigenvalue weighted by Crippen LogP contribution is -2.51. The van der Waals surface area contributed by atoms with Gasteiger partial charge in [-0.15, -0.1) is 0 Å². The van der Waals surface area contributed by atoms with Gasteiger partial charge in [-0.25, -0.2) is 8.42 Å². The molecule has 0 atom stereocenters. The van der Waals surface area contributed by atoms with Gasteiger partial charge in [-0.3, -0.25) is 19.7 Å². The van der Waals surface area contributed by atoms with Crippen LogP contribution in [0.1, 0.15) is 11.1 Å². The van der Waals surface area contributed by atoms with Crippen molar-refractivity contribution in [3.05, 3.63) is 117 Å². The number of allylic oxidation sites excluding steroid dienone is 2. The lowest BCUT2D eigenvalue weighted by molar-refractivity contribution is -0.384. The van der Waals surface area contributed by atoms with Crippen molar-refractivity contribution in [3.63, 3.8) is 0 Å². The van der Waals surface area contributed by atoms with Gasteiger partial charge in [0.25, 0.3) is 11.6 Å². The quantitative estimate of drug-likeness (QED) is 0.182. The molecule has 0 N–H and O–H groups in total. The SMILES string of the molecule is C=CC(=O)C=C(c1ccc(Br)cc1)c1ccc(OCC(=O)N2CCN(S(=O)(=O)c3ccc([N+](=O)[O-])cc3)CC2)cc1. The average molecular weight is 641 g/mol. The average Bonchev–Trinajstić information content (AvgIpc) is 2.99. The van der Waals surface area contributed by atoms with Gasteiger partial charge in [-0.1, -0.05) is 46.8 Å². The largest absolute Gasteiger partial charge is 0.484 e. The van der Waals surface area contributed by atoms with Gasteiger partial charge < -0.3 is 9.64 Å². The molecule has 1 aliphatic rings. The molecule has 0 saturated carbocycles. The molecule has 41 heavy (non-hydrogen) atoms. The van der Waals surface area contributed by atoms with E-state index in [1.807, 2.05) is 24.3 Å². The van der Waals surface area contributed by atoms with E-state index in [9.17, 15) is 28.1 Å². The Labute approximate surface area is 245 Å². The molecule has 3 aromatic carbocycles. The first kappa shape index (κ1) is 29.8. The van der Waals surface area contributed by atoms with E-state index in [0.29, 0.717) is 11.3 Å². The van der Waals surface area contributed by atoms with E-state index < -0.39 is 14.9 Å². The van der Waals surface area contributed by atoms with Gasteiger partial charge in [0.05, 0.1) is 9.82 Å². The van der Waals surface area contributed by atoms with Crippen LogP contribution in [0.5, 0.6) is 5.75 Å². The third kappa shape index (κ3) is 7.34. The number of nitro benzene ring substituents is 1. The second kappa shape index (κ2) is 13.0. The van der Waals surface area contributed by atoms with Crippen LogP contribution in [0, 0.1) is 10.1 Å². The molecule has 1 heterocycles. The summed E-state index contributed by atoms with van der Waals surface area (Å²) in [5, 5.41) is 10.8. The van der Waals surface area contributed by atoms with Gasteiger partial charge in [0.15, 0.2) is 12.4 Å². The Morgan fingerprint density at radius 1 is 0.927 bits per heavy atom. The molecule has 0 aliphatic carbocycles. The molecule has 4 rings (SSSR count). The topological polar surface area (TPSA) is 127 Å². The van der Waals surface area contributed by atoms with Gasteiger partial charge in [0.1, 0.15) is 5.75 Å². The van der Waals surface area contributed by atoms with Crippen molar-refractivity contribution < 1.29 is 27.7 Å². The maximum absolute atomic E-state index is 12.9. The second-order valence-corrected chi connectivity index (χ2v) is 11.9. The first-order valence-corrected chi connectivity index (χ1v) is 14.7. The Balaban J connectivity index is 1.34. The van der Waals surface area contributed by atoms with Crippen LogP contribution < -0.4 is 4.74 Å². The highest BCUT2D eigenvalue weighted by atomic mass is 79.9. The van der Waals surface area contributed by atoms with Crippen molar-refractivity contribution >= 4 is 48.9 Å². The van der Waals surface area contributed by atoms with Crippen LogP contribution in [0.2, 0.25) is 0 Å². The van der Waals surface area contributed by atoms with Crippen molar-refractivity contribution in [2.45, 2.75) is 4.90 Å². The zero-order valence-electron chi connectivity index (χ0n) is 21.8. The standard InChI is InChI=1S/C29H26BrN3O7S/c1-2-25(34)19-28(21-3-7-23(30)8-4-21)22-5-11-26(12-6-22)40-20-29(35)31-15-17-32(18-16-31)41(38,39)27-13-9-24(10-14-27)33(36)37/h2-14,19H,1,15-18,20H2. The van der Waals surface area contributed by atoms with Crippen molar-refractivity contribution in [1.29, 1.82) is 0 Å². The Hall–Kier alpha value is -4.13. The first-order chi connectivity index (χ1) is 19.6. The Morgan fingerprint density at radius 2 is 1.49 bits per heavy atom. The molecular formula is C29H26BrN3O7S. The number of amides is 1. The third-order valence-electron chi connectivity index (χ3n) is 6.45. The molecule has 3 aromatic rings. The third-order valence-corrected chi connectivity index (χ3v) is 8.89. The molecule has 0 spiro atoms. The molecular weight excluding hydrogens is 614 g/mol. The number of carbonyl (C=O) groups is 2. The van der Waals surface area contributed by atoms with Gasteiger partial charge in [-0.05, 0) is 65.3 Å². The fourth-order valence-electron chi connectivity index (χ4n) is 4.20. The molecule has 1 saturated heterocycles. The van der Waals surface area contributed by atoms with E-state index in [2.05, 4.69) is 22.5 Å². The Morgan fingerprint density at radius 3 is 2.02 bits per heavy atom. The minimum absolute atomic E-state index is 0.0401. The van der Waals surface area contributed by atoms with Crippen LogP contribution in [0.4, 0.5) is 5.69 Å². The fraction of sp³-hybridized carbons (Fsp3) is 0.172. The van der Waals surface area contributed by atoms with Crippen LogP contribution >= 0.6 is 15.9 Å². The molecule has 0 aromatic heterocycles. The van der Waals surface area contributed by atoms with E-state index in [1.54, 1.807) is 24.3 Å². The Kier molecular flexibility index (Phi) is 9.48. The van der Waals surface area contributed by atoms with Gasteiger partial charge in [0.2, 0.25) is 10.0 Å². The second-order valence-electron chi connectivity index (χ2n) is 9.02. The van der Waals surface area contributed by atoms with Crippen LogP contribution in [0.25, 0.3) is 5.57 Å². The number of non-ortho nitro benzene ring substituents is 1. The number of hydrogen-bond acceptors (Lipinski definition) is 7. The maximum atomic E-state index is 12.9. The van der Waals surface area contributed by atoms with Crippen molar-refractivity contribution in [2.24, 2.45) is 0 Å². The summed E-state index contributed by atoms with van der Waals surface area (Å²) in [5.74, 6) is -0.0466. The number of sulfonamides is 1. The smallest absolute Gasteiger partial charge is 0.269 e. The summed E-state index contributed by atoms with van der Waals surface area (Å²) in [4.78, 5) is 36.6. The summed E-state index contributed by atoms with van der Waals surface area (Å²) in [6, 6.07) is 19.3. The van der Waals surface area contributed by atoms with E-state index in [4.69, 9.17) is 4.74 Å². The highest BCUT2D eigenvalue weighted by Crippen LogP contribution is 2.27. The van der Waals surface area contributed by atoms with Crippen molar-refractivity contribution in [1.82, 2.24) is 9.21 Å². The molecule has 0 bridgehead atoms. The molecule has 10 nitrogen and oxygen atoms in total. The predicted octanol–water partition coefficient (Wildman–Crippen LogP) is 4.46. The summed E-state index contributed by atoms with van der Waals surface area (Å²) < 4.78 is 33.7. The van der Waals surface area contributed by atoms with Crippen LogP contribution in [-0.2, 0) is 19.6 Å². The number of piperazine rings is 1. The molecule has 1 amide bonds. The number of ether oxygens (including phenoxy) is 1. The number of ketones is 1. The zero-order chi connectivity index (χ0) is 29.6. The lowest BCUT2D eigenvalue weighted by atomic mass is 9.96. The van der Waals surface area contributed by atoms with Gasteiger partial charge in [-0.2, -0.15) is 4.31 Å². The number of benzene rings is 3. The number of carbonyl (C=O) groups excluding carboxylic acids is 2. The molecule has 12 heteroatoms. The predicted molar refractivity (Wildman–Crippen MR) is 157 cm³/mol. The zero-order valence-corrected chi connectivity index (χ0v) is 24.2. The van der Waals surface area contributed by atoms with Gasteiger partial charge in [0, 0.05) is 42.8 Å². The summed E-state index contributed by atoms with van der Waals surface area (Å²) >= 11 is 3.41. The number of rotatable bonds is 10. The molecule has 0 unspecified atom stereocenters. The van der Waals surface area contributed by atoms with Crippen LogP contribution in [0.3, 0.4) is 0 Å². The van der Waals surface area contributed by atoms with E-state index >= 15 is 0 Å². The molecule has 1 aliphatic heterocycles. The van der Waals surface area contributed by atoms with Crippen molar-refractivity contribution in [2.75, 3.05) is 32.8 Å². The maximum Gasteiger partial charge on any atom is 0.269 e. The normalized spacial score (nSPS) is 14.4. The minimum Gasteiger partial charge on any atom is -0.484 e. The van der Waals surface area contributed by atoms with E-state index in [-0.39, 0.29) is 55.1 Å². The Bertz CT molecular complexity index is 1580. The molecule has 0 radical (unpaired) electrons. The van der Waals surface area contributed by atoms with E-state index in [0.717, 1.165) is 27.7 Å².